The lowest BCUT2D eigenvalue weighted by atomic mass is 9.76. The van der Waals surface area contributed by atoms with Crippen molar-refractivity contribution in [3.05, 3.63) is 108 Å². The van der Waals surface area contributed by atoms with Crippen molar-refractivity contribution in [3.8, 4) is 6.07 Å². The number of nitrogens with zero attached hydrogens (tertiary/aromatic N) is 4. The van der Waals surface area contributed by atoms with Crippen molar-refractivity contribution in [3.63, 3.8) is 0 Å². The third-order valence-electron chi connectivity index (χ3n) is 6.42. The molecular weight excluding hydrogens is 388 g/mol. The van der Waals surface area contributed by atoms with Gasteiger partial charge in [0, 0.05) is 23.4 Å². The van der Waals surface area contributed by atoms with Gasteiger partial charge in [0.25, 0.3) is 0 Å². The Bertz CT molecular complexity index is 1330. The van der Waals surface area contributed by atoms with Crippen molar-refractivity contribution in [1.29, 1.82) is 5.26 Å². The van der Waals surface area contributed by atoms with Gasteiger partial charge in [-0.25, -0.2) is 9.59 Å². The summed E-state index contributed by atoms with van der Waals surface area (Å²) in [5.74, 6) is -0.167. The molecule has 3 amide bonds. The molecule has 0 radical (unpaired) electrons. The van der Waals surface area contributed by atoms with E-state index in [1.165, 1.54) is 4.90 Å². The van der Waals surface area contributed by atoms with Gasteiger partial charge in [0.2, 0.25) is 5.54 Å². The Morgan fingerprint density at radius 2 is 1.52 bits per heavy atom. The largest absolute Gasteiger partial charge is 0.379 e. The van der Waals surface area contributed by atoms with E-state index < -0.39 is 5.54 Å². The van der Waals surface area contributed by atoms with Gasteiger partial charge < -0.3 is 0 Å². The third-order valence-corrected chi connectivity index (χ3v) is 6.42. The van der Waals surface area contributed by atoms with Crippen molar-refractivity contribution in [1.82, 2.24) is 9.60 Å². The summed E-state index contributed by atoms with van der Waals surface area (Å²) >= 11 is 0. The molecule has 5 heterocycles. The molecule has 148 valence electrons. The second-order valence-corrected chi connectivity index (χ2v) is 7.89. The maximum absolute atomic E-state index is 14.4. The zero-order chi connectivity index (χ0) is 21.2. The number of hydrogen-bond acceptors (Lipinski definition) is 3. The molecule has 2 saturated heterocycles. The van der Waals surface area contributed by atoms with Gasteiger partial charge >= 0.3 is 11.9 Å². The first kappa shape index (κ1) is 17.6. The van der Waals surface area contributed by atoms with Crippen molar-refractivity contribution in [2.45, 2.75) is 5.54 Å². The van der Waals surface area contributed by atoms with Gasteiger partial charge in [-0.15, -0.1) is 9.60 Å². The van der Waals surface area contributed by atoms with E-state index in [0.717, 1.165) is 11.4 Å². The quantitative estimate of drug-likeness (QED) is 0.618. The zero-order valence-electron chi connectivity index (χ0n) is 16.5. The standard InChI is InChI=1S/C25H17N4O2/c26-16-18-9-7-8-14-22(18)25-15-20-17-29(23(25)30,21-12-5-2-6-13-21)28(20)24(31)27(25)19-10-3-1-4-11-19/h1-15H,17H2/q+1. The predicted octanol–water partition coefficient (Wildman–Crippen LogP) is 4.06. The molecule has 8 rings (SSSR count). The summed E-state index contributed by atoms with van der Waals surface area (Å²) in [6.45, 7) is 0.424. The summed E-state index contributed by atoms with van der Waals surface area (Å²) in [6.07, 6.45) is 1.86. The number of carbonyl (C=O) groups is 2. The van der Waals surface area contributed by atoms with Crippen LogP contribution in [0, 0.1) is 11.3 Å². The fourth-order valence-electron chi connectivity index (χ4n) is 5.16. The van der Waals surface area contributed by atoms with Gasteiger partial charge in [0.15, 0.2) is 12.2 Å². The number of carbonyl (C=O) groups excluding carboxylic acids is 2. The van der Waals surface area contributed by atoms with E-state index in [2.05, 4.69) is 6.07 Å². The van der Waals surface area contributed by atoms with Crippen molar-refractivity contribution < 1.29 is 9.59 Å². The van der Waals surface area contributed by atoms with Crippen LogP contribution in [0.25, 0.3) is 0 Å². The van der Waals surface area contributed by atoms with E-state index in [0.29, 0.717) is 23.4 Å². The number of rotatable bonds is 3. The lowest BCUT2D eigenvalue weighted by Crippen LogP contribution is -2.90. The van der Waals surface area contributed by atoms with Crippen LogP contribution in [0.1, 0.15) is 11.1 Å². The molecular formula is C25H17N4O2+. The molecule has 5 aliphatic rings. The summed E-state index contributed by atoms with van der Waals surface area (Å²) in [7, 11) is 0. The Labute approximate surface area is 179 Å². The number of para-hydroxylation sites is 2. The maximum Gasteiger partial charge on any atom is 0.379 e. The first-order valence-corrected chi connectivity index (χ1v) is 10.0. The molecule has 2 atom stereocenters. The molecule has 3 aromatic rings. The molecule has 31 heavy (non-hydrogen) atoms. The fourth-order valence-corrected chi connectivity index (χ4v) is 5.16. The normalized spacial score (nSPS) is 25.7. The highest BCUT2D eigenvalue weighted by molar-refractivity contribution is 6.17. The monoisotopic (exact) mass is 405 g/mol. The molecule has 5 aliphatic heterocycles. The Morgan fingerprint density at radius 3 is 2.23 bits per heavy atom. The Morgan fingerprint density at radius 1 is 0.871 bits per heavy atom. The summed E-state index contributed by atoms with van der Waals surface area (Å²) in [5.41, 5.74) is 1.65. The number of benzene rings is 3. The Balaban J connectivity index is 1.69. The molecule has 6 nitrogen and oxygen atoms in total. The van der Waals surface area contributed by atoms with Crippen LogP contribution in [-0.2, 0) is 10.3 Å². The Hall–Kier alpha value is -4.21. The van der Waals surface area contributed by atoms with Crippen molar-refractivity contribution in [2.24, 2.45) is 0 Å². The minimum atomic E-state index is -1.40. The molecule has 0 aliphatic carbocycles. The zero-order valence-corrected chi connectivity index (χ0v) is 16.5. The second kappa shape index (κ2) is 5.91. The molecule has 2 fully saturated rings. The average molecular weight is 405 g/mol. The molecule has 0 aromatic heterocycles. The SMILES string of the molecule is N#Cc1ccccc1C12C=C3C[N+](c4ccccc4)(C1=O)N3C(=O)N2c1ccccc1. The maximum atomic E-state index is 14.4. The molecule has 2 unspecified atom stereocenters. The van der Waals surface area contributed by atoms with Gasteiger partial charge in [-0.2, -0.15) is 5.26 Å². The van der Waals surface area contributed by atoms with Gasteiger partial charge in [-0.1, -0.05) is 54.6 Å². The van der Waals surface area contributed by atoms with Crippen molar-refractivity contribution >= 4 is 23.3 Å². The number of nitriles is 1. The molecule has 4 bridgehead atoms. The highest BCUT2D eigenvalue weighted by Crippen LogP contribution is 2.56. The smallest absolute Gasteiger partial charge is 0.263 e. The minimum Gasteiger partial charge on any atom is -0.263 e. The second-order valence-electron chi connectivity index (χ2n) is 7.89. The highest BCUT2D eigenvalue weighted by Gasteiger charge is 2.77. The fraction of sp³-hybridized carbons (Fsp3) is 0.0800. The Kier molecular flexibility index (Phi) is 3.36. The van der Waals surface area contributed by atoms with E-state index in [9.17, 15) is 14.9 Å². The van der Waals surface area contributed by atoms with E-state index in [1.54, 1.807) is 29.3 Å². The number of anilines is 1. The van der Waals surface area contributed by atoms with Gasteiger partial charge in [-0.3, -0.25) is 4.90 Å². The van der Waals surface area contributed by atoms with Crippen LogP contribution in [-0.4, -0.2) is 23.5 Å². The van der Waals surface area contributed by atoms with E-state index in [-0.39, 0.29) is 16.5 Å². The van der Waals surface area contributed by atoms with Gasteiger partial charge in [0.1, 0.15) is 5.70 Å². The number of urea groups is 1. The van der Waals surface area contributed by atoms with Crippen molar-refractivity contribution in [2.75, 3.05) is 11.4 Å². The van der Waals surface area contributed by atoms with E-state index in [4.69, 9.17) is 0 Å². The first-order valence-electron chi connectivity index (χ1n) is 10.0. The predicted molar refractivity (Wildman–Crippen MR) is 115 cm³/mol. The van der Waals surface area contributed by atoms with Crippen LogP contribution in [0.2, 0.25) is 0 Å². The lowest BCUT2D eigenvalue weighted by Gasteiger charge is -2.64. The molecule has 6 heteroatoms. The summed E-state index contributed by atoms with van der Waals surface area (Å²) in [5, 5.41) is 11.4. The van der Waals surface area contributed by atoms with E-state index in [1.807, 2.05) is 66.7 Å². The van der Waals surface area contributed by atoms with Crippen LogP contribution in [0.3, 0.4) is 0 Å². The highest BCUT2D eigenvalue weighted by atomic mass is 16.2. The van der Waals surface area contributed by atoms with Gasteiger partial charge in [0.05, 0.1) is 11.6 Å². The minimum absolute atomic E-state index is 0.167. The van der Waals surface area contributed by atoms with E-state index >= 15 is 0 Å². The number of hydrogen-bond donors (Lipinski definition) is 0. The molecule has 3 aromatic carbocycles. The van der Waals surface area contributed by atoms with Crippen LogP contribution in [0.5, 0.6) is 0 Å². The summed E-state index contributed by atoms with van der Waals surface area (Å²) in [4.78, 5) is 29.9. The number of quaternary nitrogens is 1. The average Bonchev–Trinajstić information content (AvgIpc) is 2.80. The molecule has 0 saturated carbocycles. The van der Waals surface area contributed by atoms with Gasteiger partial charge in [-0.05, 0) is 24.3 Å². The van der Waals surface area contributed by atoms with Crippen LogP contribution < -0.4 is 9.49 Å². The summed E-state index contributed by atoms with van der Waals surface area (Å²) in [6, 6.07) is 27.5. The summed E-state index contributed by atoms with van der Waals surface area (Å²) < 4.78 is -0.186. The third kappa shape index (κ3) is 1.94. The number of fused-ring (bicyclic) bond motifs is 1. The first-order chi connectivity index (χ1) is 15.1. The topological polar surface area (TPSA) is 64.4 Å². The number of amides is 3. The van der Waals surface area contributed by atoms with Crippen LogP contribution in [0.15, 0.2) is 96.7 Å². The molecule has 0 N–H and O–H groups in total. The van der Waals surface area contributed by atoms with Crippen LogP contribution in [0.4, 0.5) is 16.2 Å². The lowest BCUT2D eigenvalue weighted by molar-refractivity contribution is -0.161. The van der Waals surface area contributed by atoms with Crippen LogP contribution >= 0.6 is 0 Å². The molecule has 0 spiro atoms.